The molecule has 0 bridgehead atoms. The molecule has 138 valence electrons. The normalized spacial score (nSPS) is 12.0. The van der Waals surface area contributed by atoms with E-state index < -0.39 is 35.1 Å². The van der Waals surface area contributed by atoms with Crippen molar-refractivity contribution in [2.75, 3.05) is 5.32 Å². The molecule has 4 nitrogen and oxygen atoms in total. The molecule has 7 heteroatoms. The lowest BCUT2D eigenvalue weighted by molar-refractivity contribution is -0.118. The Hall–Kier alpha value is -2.47. The quantitative estimate of drug-likeness (QED) is 0.811. The second kappa shape index (κ2) is 8.27. The maximum Gasteiger partial charge on any atom is 0.257 e. The van der Waals surface area contributed by atoms with Gasteiger partial charge in [0, 0.05) is 10.7 Å². The molecule has 0 aliphatic heterocycles. The summed E-state index contributed by atoms with van der Waals surface area (Å²) in [5.74, 6) is -3.79. The largest absolute Gasteiger partial charge is 0.340 e. The van der Waals surface area contributed by atoms with Crippen LogP contribution in [0.2, 0.25) is 5.02 Å². The van der Waals surface area contributed by atoms with E-state index in [1.807, 2.05) is 6.92 Å². The summed E-state index contributed by atoms with van der Waals surface area (Å²) < 4.78 is 27.5. The second-order valence-electron chi connectivity index (χ2n) is 6.25. The van der Waals surface area contributed by atoms with Crippen LogP contribution in [0.1, 0.15) is 29.8 Å². The van der Waals surface area contributed by atoms with Crippen molar-refractivity contribution in [3.05, 3.63) is 64.2 Å². The minimum Gasteiger partial charge on any atom is -0.340 e. The van der Waals surface area contributed by atoms with Crippen LogP contribution in [0.4, 0.5) is 14.5 Å². The number of anilines is 1. The van der Waals surface area contributed by atoms with Gasteiger partial charge in [-0.3, -0.25) is 9.59 Å². The summed E-state index contributed by atoms with van der Waals surface area (Å²) in [5, 5.41) is 5.54. The van der Waals surface area contributed by atoms with Crippen LogP contribution in [0.15, 0.2) is 36.4 Å². The summed E-state index contributed by atoms with van der Waals surface area (Å²) in [5.41, 5.74) is 0.598. The van der Waals surface area contributed by atoms with Gasteiger partial charge in [-0.25, -0.2) is 8.78 Å². The van der Waals surface area contributed by atoms with Gasteiger partial charge in [0.2, 0.25) is 5.91 Å². The third-order valence-electron chi connectivity index (χ3n) is 3.86. The Bertz CT molecular complexity index is 820. The number of benzene rings is 2. The Morgan fingerprint density at radius 3 is 2.23 bits per heavy atom. The first-order valence-corrected chi connectivity index (χ1v) is 8.40. The van der Waals surface area contributed by atoms with Gasteiger partial charge in [0.05, 0.1) is 0 Å². The predicted molar refractivity (Wildman–Crippen MR) is 97.3 cm³/mol. The average Bonchev–Trinajstić information content (AvgIpc) is 2.55. The number of amides is 2. The monoisotopic (exact) mass is 380 g/mol. The van der Waals surface area contributed by atoms with Crippen LogP contribution in [-0.2, 0) is 4.79 Å². The summed E-state index contributed by atoms with van der Waals surface area (Å²) in [4.78, 5) is 24.8. The zero-order valence-electron chi connectivity index (χ0n) is 14.6. The van der Waals surface area contributed by atoms with Crippen molar-refractivity contribution in [3.63, 3.8) is 0 Å². The first kappa shape index (κ1) is 19.8. The summed E-state index contributed by atoms with van der Waals surface area (Å²) >= 11 is 6.03. The van der Waals surface area contributed by atoms with Crippen LogP contribution in [-0.4, -0.2) is 17.9 Å². The van der Waals surface area contributed by atoms with Gasteiger partial charge < -0.3 is 10.6 Å². The molecule has 2 aromatic rings. The lowest BCUT2D eigenvalue weighted by Gasteiger charge is -2.22. The lowest BCUT2D eigenvalue weighted by atomic mass is 10.0. The van der Waals surface area contributed by atoms with Crippen molar-refractivity contribution < 1.29 is 18.4 Å². The number of hydrogen-bond acceptors (Lipinski definition) is 2. The molecule has 0 heterocycles. The van der Waals surface area contributed by atoms with Gasteiger partial charge in [-0.2, -0.15) is 0 Å². The van der Waals surface area contributed by atoms with Gasteiger partial charge in [0.25, 0.3) is 5.91 Å². The summed E-state index contributed by atoms with van der Waals surface area (Å²) in [7, 11) is 0. The Labute approximate surface area is 155 Å². The highest BCUT2D eigenvalue weighted by Gasteiger charge is 2.27. The highest BCUT2D eigenvalue weighted by Crippen LogP contribution is 2.20. The van der Waals surface area contributed by atoms with E-state index in [0.29, 0.717) is 10.7 Å². The van der Waals surface area contributed by atoms with Crippen LogP contribution < -0.4 is 10.6 Å². The number of aryl methyl sites for hydroxylation is 1. The number of carbonyl (C=O) groups is 2. The first-order valence-electron chi connectivity index (χ1n) is 8.02. The van der Waals surface area contributed by atoms with Gasteiger partial charge >= 0.3 is 0 Å². The number of hydrogen-bond donors (Lipinski definition) is 2. The molecule has 2 amide bonds. The van der Waals surface area contributed by atoms with Crippen molar-refractivity contribution >= 4 is 29.1 Å². The minimum atomic E-state index is -0.990. The Morgan fingerprint density at radius 1 is 1.08 bits per heavy atom. The van der Waals surface area contributed by atoms with Gasteiger partial charge in [0.1, 0.15) is 23.2 Å². The van der Waals surface area contributed by atoms with E-state index in [-0.39, 0.29) is 5.92 Å². The molecule has 1 atom stereocenters. The minimum absolute atomic E-state index is 0.310. The molecule has 2 aromatic carbocycles. The molecule has 0 aliphatic carbocycles. The van der Waals surface area contributed by atoms with E-state index in [1.165, 1.54) is 0 Å². The molecule has 0 aliphatic rings. The van der Waals surface area contributed by atoms with Crippen LogP contribution in [0.5, 0.6) is 0 Å². The molecule has 0 aromatic heterocycles. The van der Waals surface area contributed by atoms with E-state index in [2.05, 4.69) is 10.6 Å². The van der Waals surface area contributed by atoms with Gasteiger partial charge in [-0.15, -0.1) is 0 Å². The molecular weight excluding hydrogens is 362 g/mol. The Morgan fingerprint density at radius 2 is 1.69 bits per heavy atom. The van der Waals surface area contributed by atoms with E-state index in [9.17, 15) is 18.4 Å². The van der Waals surface area contributed by atoms with E-state index >= 15 is 0 Å². The number of halogens is 3. The van der Waals surface area contributed by atoms with E-state index in [4.69, 9.17) is 11.6 Å². The molecule has 2 rings (SSSR count). The average molecular weight is 381 g/mol. The van der Waals surface area contributed by atoms with E-state index in [0.717, 1.165) is 23.8 Å². The highest BCUT2D eigenvalue weighted by atomic mass is 35.5. The molecule has 2 N–H and O–H groups in total. The van der Waals surface area contributed by atoms with Crippen LogP contribution in [0, 0.1) is 24.5 Å². The number of nitrogens with one attached hydrogen (secondary N) is 2. The molecule has 0 spiro atoms. The standard InChI is InChI=1S/C19H19ClF2N2O2/c1-10(2)17(19(26)23-12-8-7-11(3)13(20)9-12)24-18(25)16-14(21)5-4-6-15(16)22/h4-10,17H,1-3H3,(H,23,26)(H,24,25). The number of carbonyl (C=O) groups excluding carboxylic acids is 2. The van der Waals surface area contributed by atoms with Crippen molar-refractivity contribution in [3.8, 4) is 0 Å². The fourth-order valence-corrected chi connectivity index (χ4v) is 2.53. The van der Waals surface area contributed by atoms with E-state index in [1.54, 1.807) is 32.0 Å². The Balaban J connectivity index is 2.18. The first-order chi connectivity index (χ1) is 12.2. The lowest BCUT2D eigenvalue weighted by Crippen LogP contribution is -2.47. The third kappa shape index (κ3) is 4.58. The van der Waals surface area contributed by atoms with Gasteiger partial charge in [0.15, 0.2) is 0 Å². The van der Waals surface area contributed by atoms with Gasteiger partial charge in [-0.1, -0.05) is 37.6 Å². The van der Waals surface area contributed by atoms with Gasteiger partial charge in [-0.05, 0) is 42.7 Å². The smallest absolute Gasteiger partial charge is 0.257 e. The van der Waals surface area contributed by atoms with Crippen LogP contribution >= 0.6 is 11.6 Å². The fraction of sp³-hybridized carbons (Fsp3) is 0.263. The molecular formula is C19H19ClF2N2O2. The highest BCUT2D eigenvalue weighted by molar-refractivity contribution is 6.31. The molecule has 1 unspecified atom stereocenters. The maximum atomic E-state index is 13.8. The maximum absolute atomic E-state index is 13.8. The summed E-state index contributed by atoms with van der Waals surface area (Å²) in [6.45, 7) is 5.25. The van der Waals surface area contributed by atoms with Crippen molar-refractivity contribution in [2.24, 2.45) is 5.92 Å². The van der Waals surface area contributed by atoms with Crippen LogP contribution in [0.3, 0.4) is 0 Å². The molecule has 0 saturated carbocycles. The second-order valence-corrected chi connectivity index (χ2v) is 6.65. The Kier molecular flexibility index (Phi) is 6.32. The van der Waals surface area contributed by atoms with Crippen LogP contribution in [0.25, 0.3) is 0 Å². The molecule has 26 heavy (non-hydrogen) atoms. The predicted octanol–water partition coefficient (Wildman–Crippen LogP) is 4.32. The molecule has 0 saturated heterocycles. The zero-order valence-corrected chi connectivity index (χ0v) is 15.3. The SMILES string of the molecule is Cc1ccc(NC(=O)C(NC(=O)c2c(F)cccc2F)C(C)C)cc1Cl. The van der Waals surface area contributed by atoms with Crippen molar-refractivity contribution in [1.82, 2.24) is 5.32 Å². The van der Waals surface area contributed by atoms with Crippen molar-refractivity contribution in [1.29, 1.82) is 0 Å². The fourth-order valence-electron chi connectivity index (χ4n) is 2.35. The molecule has 0 fully saturated rings. The zero-order chi connectivity index (χ0) is 19.4. The third-order valence-corrected chi connectivity index (χ3v) is 4.27. The number of rotatable bonds is 5. The summed E-state index contributed by atoms with van der Waals surface area (Å²) in [6.07, 6.45) is 0. The molecule has 0 radical (unpaired) electrons. The topological polar surface area (TPSA) is 58.2 Å². The van der Waals surface area contributed by atoms with Crippen molar-refractivity contribution in [2.45, 2.75) is 26.8 Å². The summed E-state index contributed by atoms with van der Waals surface area (Å²) in [6, 6.07) is 7.15.